The number of nitrogens with zero attached hydrogens (tertiary/aromatic N) is 1. The van der Waals surface area contributed by atoms with Gasteiger partial charge >= 0.3 is 5.97 Å². The molecule has 1 N–H and O–H groups in total. The summed E-state index contributed by atoms with van der Waals surface area (Å²) in [4.78, 5) is 29.4. The number of ether oxygens (including phenoxy) is 3. The van der Waals surface area contributed by atoms with E-state index < -0.39 is 17.9 Å². The Labute approximate surface area is 198 Å². The molecule has 0 spiro atoms. The minimum atomic E-state index is -0.805. The fraction of sp³-hybridized carbons (Fsp3) is 0.269. The van der Waals surface area contributed by atoms with Crippen LogP contribution in [0, 0.1) is 5.92 Å². The largest absolute Gasteiger partial charge is 0.497 e. The second kappa shape index (κ2) is 11.7. The summed E-state index contributed by atoms with van der Waals surface area (Å²) in [5.41, 5.74) is 2.07. The van der Waals surface area contributed by atoms with Crippen molar-refractivity contribution in [2.75, 3.05) is 14.2 Å². The normalized spacial score (nSPS) is 11.9. The lowest BCUT2D eigenvalue weighted by atomic mass is 10.0. The summed E-state index contributed by atoms with van der Waals surface area (Å²) in [6.45, 7) is 3.59. The molecular weight excluding hydrogens is 436 g/mol. The first kappa shape index (κ1) is 24.6. The van der Waals surface area contributed by atoms with Crippen molar-refractivity contribution in [2.45, 2.75) is 26.5 Å². The van der Waals surface area contributed by atoms with Gasteiger partial charge in [0, 0.05) is 11.6 Å². The number of hydrogen-bond donors (Lipinski definition) is 1. The Morgan fingerprint density at radius 1 is 1.00 bits per heavy atom. The maximum atomic E-state index is 12.6. The first-order valence-electron chi connectivity index (χ1n) is 10.8. The molecule has 0 radical (unpaired) electrons. The van der Waals surface area contributed by atoms with Gasteiger partial charge in [0.05, 0.1) is 14.2 Å². The van der Waals surface area contributed by atoms with E-state index >= 15 is 0 Å². The molecule has 0 saturated carbocycles. The molecule has 34 heavy (non-hydrogen) atoms. The summed E-state index contributed by atoms with van der Waals surface area (Å²) >= 11 is 0. The molecule has 0 unspecified atom stereocenters. The highest BCUT2D eigenvalue weighted by Gasteiger charge is 2.25. The minimum Gasteiger partial charge on any atom is -0.497 e. The zero-order valence-corrected chi connectivity index (χ0v) is 19.6. The third-order valence-electron chi connectivity index (χ3n) is 5.01. The molecule has 8 heteroatoms. The Hall–Kier alpha value is -4.07. The number of nitrogens with one attached hydrogen (secondary N) is 1. The van der Waals surface area contributed by atoms with Crippen molar-refractivity contribution >= 4 is 18.0 Å². The molecule has 0 aliphatic heterocycles. The molecule has 2 aromatic carbocycles. The van der Waals surface area contributed by atoms with E-state index in [1.165, 1.54) is 12.3 Å². The molecular formula is C26H28N2O6. The van der Waals surface area contributed by atoms with Gasteiger partial charge in [-0.25, -0.2) is 9.78 Å². The molecule has 178 valence electrons. The number of hydrogen-bond acceptors (Lipinski definition) is 7. The lowest BCUT2D eigenvalue weighted by molar-refractivity contribution is -0.150. The van der Waals surface area contributed by atoms with E-state index in [9.17, 15) is 9.59 Å². The van der Waals surface area contributed by atoms with Crippen LogP contribution in [0.4, 0.5) is 0 Å². The number of methoxy groups -OCH3 is 2. The predicted molar refractivity (Wildman–Crippen MR) is 127 cm³/mol. The van der Waals surface area contributed by atoms with Gasteiger partial charge in [0.25, 0.3) is 0 Å². The number of aromatic nitrogens is 1. The Morgan fingerprint density at radius 3 is 2.21 bits per heavy atom. The second-order valence-electron chi connectivity index (χ2n) is 7.82. The van der Waals surface area contributed by atoms with Crippen LogP contribution in [0.15, 0.2) is 65.3 Å². The standard InChI is InChI=1S/C26H28N2O6/c1-17(2)24(28-23(29)14-7-18-5-10-21(31-3)11-6-18)26(30)34-16-20-15-33-25(27-20)19-8-12-22(32-4)13-9-19/h5-15,17,24H,16H2,1-4H3,(H,28,29)/b14-7+/t24-/m0/s1. The average molecular weight is 465 g/mol. The minimum absolute atomic E-state index is 0.0702. The zero-order valence-electron chi connectivity index (χ0n) is 19.6. The quantitative estimate of drug-likeness (QED) is 0.354. The van der Waals surface area contributed by atoms with E-state index in [-0.39, 0.29) is 12.5 Å². The summed E-state index contributed by atoms with van der Waals surface area (Å²) in [6, 6.07) is 13.7. The van der Waals surface area contributed by atoms with Gasteiger partial charge in [-0.3, -0.25) is 4.79 Å². The third kappa shape index (κ3) is 6.71. The van der Waals surface area contributed by atoms with Gasteiger partial charge in [0.1, 0.15) is 36.1 Å². The number of oxazole rings is 1. The van der Waals surface area contributed by atoms with Crippen LogP contribution in [0.2, 0.25) is 0 Å². The van der Waals surface area contributed by atoms with Crippen LogP contribution >= 0.6 is 0 Å². The second-order valence-corrected chi connectivity index (χ2v) is 7.82. The highest BCUT2D eigenvalue weighted by atomic mass is 16.5. The van der Waals surface area contributed by atoms with Gasteiger partial charge in [-0.05, 0) is 54.0 Å². The van der Waals surface area contributed by atoms with Crippen molar-refractivity contribution in [3.63, 3.8) is 0 Å². The van der Waals surface area contributed by atoms with E-state index in [1.807, 2.05) is 38.1 Å². The number of benzene rings is 2. The molecule has 0 saturated heterocycles. The summed E-state index contributed by atoms with van der Waals surface area (Å²) < 4.78 is 21.1. The lowest BCUT2D eigenvalue weighted by Crippen LogP contribution is -2.44. The van der Waals surface area contributed by atoms with Crippen LogP contribution in [0.5, 0.6) is 11.5 Å². The highest BCUT2D eigenvalue weighted by molar-refractivity contribution is 5.94. The molecule has 1 atom stereocenters. The molecule has 0 fully saturated rings. The van der Waals surface area contributed by atoms with Crippen LogP contribution in [-0.4, -0.2) is 37.1 Å². The first-order valence-corrected chi connectivity index (χ1v) is 10.8. The summed E-state index contributed by atoms with van der Waals surface area (Å²) in [5, 5.41) is 2.71. The summed E-state index contributed by atoms with van der Waals surface area (Å²) in [7, 11) is 3.18. The van der Waals surface area contributed by atoms with E-state index in [4.69, 9.17) is 18.6 Å². The average Bonchev–Trinajstić information content (AvgIpc) is 3.34. The maximum Gasteiger partial charge on any atom is 0.329 e. The highest BCUT2D eigenvalue weighted by Crippen LogP contribution is 2.22. The lowest BCUT2D eigenvalue weighted by Gasteiger charge is -2.19. The molecule has 8 nitrogen and oxygen atoms in total. The van der Waals surface area contributed by atoms with Gasteiger partial charge in [-0.1, -0.05) is 26.0 Å². The van der Waals surface area contributed by atoms with E-state index in [0.29, 0.717) is 11.6 Å². The number of carbonyl (C=O) groups is 2. The zero-order chi connectivity index (χ0) is 24.5. The van der Waals surface area contributed by atoms with Crippen LogP contribution in [0.25, 0.3) is 17.5 Å². The molecule has 1 aromatic heterocycles. The van der Waals surface area contributed by atoms with Crippen LogP contribution in [0.1, 0.15) is 25.1 Å². The van der Waals surface area contributed by atoms with Gasteiger partial charge < -0.3 is 23.9 Å². The fourth-order valence-corrected chi connectivity index (χ4v) is 3.06. The predicted octanol–water partition coefficient (Wildman–Crippen LogP) is 4.26. The number of esters is 1. The Morgan fingerprint density at radius 2 is 1.62 bits per heavy atom. The van der Waals surface area contributed by atoms with Crippen molar-refractivity contribution in [1.82, 2.24) is 10.3 Å². The van der Waals surface area contributed by atoms with Gasteiger partial charge in [-0.2, -0.15) is 0 Å². The van der Waals surface area contributed by atoms with Gasteiger partial charge in [0.2, 0.25) is 11.8 Å². The third-order valence-corrected chi connectivity index (χ3v) is 5.01. The molecule has 3 rings (SSSR count). The molecule has 1 amide bonds. The monoisotopic (exact) mass is 464 g/mol. The number of amides is 1. The van der Waals surface area contributed by atoms with Crippen molar-refractivity contribution in [2.24, 2.45) is 5.92 Å². The Balaban J connectivity index is 1.55. The number of rotatable bonds is 10. The molecule has 0 aliphatic rings. The maximum absolute atomic E-state index is 12.6. The van der Waals surface area contributed by atoms with Crippen molar-refractivity contribution in [3.05, 3.63) is 72.1 Å². The van der Waals surface area contributed by atoms with Crippen molar-refractivity contribution < 1.29 is 28.2 Å². The van der Waals surface area contributed by atoms with Crippen molar-refractivity contribution in [3.8, 4) is 23.0 Å². The van der Waals surface area contributed by atoms with Crippen LogP contribution < -0.4 is 14.8 Å². The fourth-order valence-electron chi connectivity index (χ4n) is 3.06. The molecule has 0 bridgehead atoms. The van der Waals surface area contributed by atoms with E-state index in [1.54, 1.807) is 44.6 Å². The van der Waals surface area contributed by atoms with E-state index in [0.717, 1.165) is 22.6 Å². The smallest absolute Gasteiger partial charge is 0.329 e. The Bertz CT molecular complexity index is 1120. The molecule has 3 aromatic rings. The molecule has 1 heterocycles. The Kier molecular flexibility index (Phi) is 8.45. The summed E-state index contributed by atoms with van der Waals surface area (Å²) in [6.07, 6.45) is 4.48. The van der Waals surface area contributed by atoms with Crippen molar-refractivity contribution in [1.29, 1.82) is 0 Å². The van der Waals surface area contributed by atoms with Gasteiger partial charge in [-0.15, -0.1) is 0 Å². The SMILES string of the molecule is COc1ccc(/C=C/C(=O)N[C@H](C(=O)OCc2coc(-c3ccc(OC)cc3)n2)C(C)C)cc1. The van der Waals surface area contributed by atoms with Crippen LogP contribution in [0.3, 0.4) is 0 Å². The first-order chi connectivity index (χ1) is 16.4. The topological polar surface area (TPSA) is 99.9 Å². The molecule has 0 aliphatic carbocycles. The van der Waals surface area contributed by atoms with E-state index in [2.05, 4.69) is 10.3 Å². The van der Waals surface area contributed by atoms with Gasteiger partial charge in [0.15, 0.2) is 0 Å². The summed E-state index contributed by atoms with van der Waals surface area (Å²) in [5.74, 6) is 0.756. The van der Waals surface area contributed by atoms with Crippen LogP contribution in [-0.2, 0) is 20.9 Å². The number of carbonyl (C=O) groups excluding carboxylic acids is 2.